The molecule has 0 saturated heterocycles. The topological polar surface area (TPSA) is 37.3 Å². The second-order valence-electron chi connectivity index (χ2n) is 4.87. The van der Waals surface area contributed by atoms with E-state index in [9.17, 15) is 4.79 Å². The third-order valence-electron chi connectivity index (χ3n) is 2.69. The number of aliphatic carboxylic acids is 1. The minimum absolute atomic E-state index is 0.132. The molecule has 0 aliphatic heterocycles. The fraction of sp³-hybridized carbons (Fsp3) is 0.583. The van der Waals surface area contributed by atoms with Gasteiger partial charge in [0.25, 0.3) is 0 Å². The van der Waals surface area contributed by atoms with Crippen LogP contribution in [0, 0.1) is 12.3 Å². The summed E-state index contributed by atoms with van der Waals surface area (Å²) in [4.78, 5) is 12.0. The molecule has 4 heteroatoms. The summed E-state index contributed by atoms with van der Waals surface area (Å²) < 4.78 is 1.15. The summed E-state index contributed by atoms with van der Waals surface area (Å²) in [6.07, 6.45) is 2.09. The number of carbonyl (C=O) groups is 1. The summed E-state index contributed by atoms with van der Waals surface area (Å²) in [6, 6.07) is 2.14. The molecule has 1 heterocycles. The van der Waals surface area contributed by atoms with Crippen LogP contribution in [0.1, 0.15) is 37.1 Å². The maximum absolute atomic E-state index is 10.7. The Labute approximate surface area is 109 Å². The fourth-order valence-electron chi connectivity index (χ4n) is 1.70. The van der Waals surface area contributed by atoms with Gasteiger partial charge >= 0.3 is 5.97 Å². The molecule has 1 aromatic heterocycles. The van der Waals surface area contributed by atoms with Crippen molar-refractivity contribution in [3.8, 4) is 0 Å². The van der Waals surface area contributed by atoms with Gasteiger partial charge in [0.15, 0.2) is 0 Å². The van der Waals surface area contributed by atoms with Crippen LogP contribution in [-0.2, 0) is 11.2 Å². The van der Waals surface area contributed by atoms with Crippen LogP contribution in [0.2, 0.25) is 0 Å². The van der Waals surface area contributed by atoms with Crippen LogP contribution in [0.4, 0.5) is 0 Å². The van der Waals surface area contributed by atoms with Crippen molar-refractivity contribution in [1.82, 2.24) is 0 Å². The molecule has 16 heavy (non-hydrogen) atoms. The van der Waals surface area contributed by atoms with Crippen molar-refractivity contribution in [3.63, 3.8) is 0 Å². The molecule has 1 aromatic rings. The molecule has 2 nitrogen and oxygen atoms in total. The lowest BCUT2D eigenvalue weighted by atomic mass is 9.83. The Kier molecular flexibility index (Phi) is 4.56. The van der Waals surface area contributed by atoms with Crippen molar-refractivity contribution in [1.29, 1.82) is 0 Å². The molecule has 0 aliphatic rings. The standard InChI is InChI=1S/C12H17BrO2S/c1-8-9(6-10(13)16-8)4-5-12(2,3)7-11(14)15/h6H,4-5,7H2,1-3H3,(H,14,15). The second kappa shape index (κ2) is 5.32. The molecule has 0 aliphatic carbocycles. The highest BCUT2D eigenvalue weighted by Crippen LogP contribution is 2.31. The normalized spacial score (nSPS) is 11.8. The lowest BCUT2D eigenvalue weighted by Gasteiger charge is -2.22. The predicted molar refractivity (Wildman–Crippen MR) is 71.1 cm³/mol. The predicted octanol–water partition coefficient (Wildman–Crippen LogP) is 4.25. The summed E-state index contributed by atoms with van der Waals surface area (Å²) in [5.74, 6) is -0.715. The molecule has 0 saturated carbocycles. The van der Waals surface area contributed by atoms with Crippen LogP contribution in [-0.4, -0.2) is 11.1 Å². The third-order valence-corrected chi connectivity index (χ3v) is 4.29. The third kappa shape index (κ3) is 4.26. The van der Waals surface area contributed by atoms with Gasteiger partial charge in [-0.3, -0.25) is 4.79 Å². The summed E-state index contributed by atoms with van der Waals surface area (Å²) in [7, 11) is 0. The van der Waals surface area contributed by atoms with E-state index in [0.29, 0.717) is 0 Å². The van der Waals surface area contributed by atoms with Crippen molar-refractivity contribution in [2.24, 2.45) is 5.41 Å². The molecule has 1 N–H and O–H groups in total. The van der Waals surface area contributed by atoms with Gasteiger partial charge in [-0.2, -0.15) is 0 Å². The van der Waals surface area contributed by atoms with Gasteiger partial charge in [0.1, 0.15) is 0 Å². The van der Waals surface area contributed by atoms with Gasteiger partial charge < -0.3 is 5.11 Å². The zero-order chi connectivity index (χ0) is 12.3. The average Bonchev–Trinajstić information content (AvgIpc) is 2.39. The van der Waals surface area contributed by atoms with E-state index in [2.05, 4.69) is 28.9 Å². The number of halogens is 1. The number of carboxylic acid groups (broad SMARTS) is 1. The first-order chi connectivity index (χ1) is 7.30. The minimum Gasteiger partial charge on any atom is -0.481 e. The second-order valence-corrected chi connectivity index (χ2v) is 7.50. The number of hydrogen-bond donors (Lipinski definition) is 1. The number of aryl methyl sites for hydroxylation is 2. The number of rotatable bonds is 5. The van der Waals surface area contributed by atoms with Crippen molar-refractivity contribution >= 4 is 33.2 Å². The van der Waals surface area contributed by atoms with Crippen LogP contribution in [0.5, 0.6) is 0 Å². The molecule has 0 atom stereocenters. The molecular formula is C12H17BrO2S. The zero-order valence-electron chi connectivity index (χ0n) is 9.84. The SMILES string of the molecule is Cc1sc(Br)cc1CCC(C)(C)CC(=O)O. The van der Waals surface area contributed by atoms with Crippen LogP contribution >= 0.6 is 27.3 Å². The van der Waals surface area contributed by atoms with E-state index in [0.717, 1.165) is 16.6 Å². The Hall–Kier alpha value is -0.350. The Morgan fingerprint density at radius 1 is 1.56 bits per heavy atom. The highest BCUT2D eigenvalue weighted by Gasteiger charge is 2.22. The van der Waals surface area contributed by atoms with Gasteiger partial charge in [-0.25, -0.2) is 0 Å². The Morgan fingerprint density at radius 3 is 2.62 bits per heavy atom. The zero-order valence-corrected chi connectivity index (χ0v) is 12.2. The lowest BCUT2D eigenvalue weighted by Crippen LogP contribution is -2.17. The van der Waals surface area contributed by atoms with Gasteiger partial charge in [-0.1, -0.05) is 13.8 Å². The average molecular weight is 305 g/mol. The Balaban J connectivity index is 2.57. The van der Waals surface area contributed by atoms with Crippen molar-refractivity contribution in [2.45, 2.75) is 40.0 Å². The number of hydrogen-bond acceptors (Lipinski definition) is 2. The molecule has 0 unspecified atom stereocenters. The minimum atomic E-state index is -0.715. The summed E-state index contributed by atoms with van der Waals surface area (Å²) in [6.45, 7) is 6.13. The lowest BCUT2D eigenvalue weighted by molar-refractivity contribution is -0.139. The van der Waals surface area contributed by atoms with E-state index in [1.807, 2.05) is 13.8 Å². The molecular weight excluding hydrogens is 288 g/mol. The van der Waals surface area contributed by atoms with Crippen molar-refractivity contribution in [2.75, 3.05) is 0 Å². The van der Waals surface area contributed by atoms with E-state index in [1.54, 1.807) is 11.3 Å². The van der Waals surface area contributed by atoms with Gasteiger partial charge in [0, 0.05) is 4.88 Å². The molecule has 0 amide bonds. The van der Waals surface area contributed by atoms with Crippen molar-refractivity contribution in [3.05, 3.63) is 20.3 Å². The Bertz CT molecular complexity index is 382. The first-order valence-corrected chi connectivity index (χ1v) is 6.88. The number of carboxylic acids is 1. The van der Waals surface area contributed by atoms with Crippen LogP contribution in [0.25, 0.3) is 0 Å². The number of thiophene rings is 1. The molecule has 0 bridgehead atoms. The summed E-state index contributed by atoms with van der Waals surface area (Å²) in [5, 5.41) is 8.80. The van der Waals surface area contributed by atoms with Crippen LogP contribution in [0.3, 0.4) is 0 Å². The fourth-order valence-corrected chi connectivity index (χ4v) is 3.49. The van der Waals surface area contributed by atoms with E-state index < -0.39 is 5.97 Å². The summed E-state index contributed by atoms with van der Waals surface area (Å²) in [5.41, 5.74) is 1.20. The molecule has 0 fully saturated rings. The molecule has 0 radical (unpaired) electrons. The van der Waals surface area contributed by atoms with E-state index in [-0.39, 0.29) is 11.8 Å². The smallest absolute Gasteiger partial charge is 0.303 e. The van der Waals surface area contributed by atoms with Gasteiger partial charge in [0.2, 0.25) is 0 Å². The maximum Gasteiger partial charge on any atom is 0.303 e. The molecule has 90 valence electrons. The first kappa shape index (κ1) is 13.7. The highest BCUT2D eigenvalue weighted by molar-refractivity contribution is 9.11. The summed E-state index contributed by atoms with van der Waals surface area (Å²) >= 11 is 5.20. The van der Waals surface area contributed by atoms with E-state index >= 15 is 0 Å². The highest BCUT2D eigenvalue weighted by atomic mass is 79.9. The van der Waals surface area contributed by atoms with Crippen LogP contribution < -0.4 is 0 Å². The monoisotopic (exact) mass is 304 g/mol. The van der Waals surface area contributed by atoms with Gasteiger partial charge in [-0.15, -0.1) is 11.3 Å². The largest absolute Gasteiger partial charge is 0.481 e. The van der Waals surface area contributed by atoms with Crippen LogP contribution in [0.15, 0.2) is 9.85 Å². The molecule has 0 aromatic carbocycles. The Morgan fingerprint density at radius 2 is 2.19 bits per heavy atom. The first-order valence-electron chi connectivity index (χ1n) is 5.27. The van der Waals surface area contributed by atoms with Gasteiger partial charge in [0.05, 0.1) is 10.2 Å². The molecule has 0 spiro atoms. The molecule has 1 rings (SSSR count). The van der Waals surface area contributed by atoms with E-state index in [1.165, 1.54) is 10.4 Å². The quantitative estimate of drug-likeness (QED) is 0.883. The van der Waals surface area contributed by atoms with Gasteiger partial charge in [-0.05, 0) is 52.7 Å². The maximum atomic E-state index is 10.7. The van der Waals surface area contributed by atoms with Crippen molar-refractivity contribution < 1.29 is 9.90 Å². The van der Waals surface area contributed by atoms with E-state index in [4.69, 9.17) is 5.11 Å².